The van der Waals surface area contributed by atoms with Crippen LogP contribution < -0.4 is 5.73 Å². The third-order valence-electron chi connectivity index (χ3n) is 5.03. The summed E-state index contributed by atoms with van der Waals surface area (Å²) in [7, 11) is 2.23. The van der Waals surface area contributed by atoms with Gasteiger partial charge >= 0.3 is 0 Å². The molecule has 0 aliphatic carbocycles. The van der Waals surface area contributed by atoms with Crippen LogP contribution in [0.3, 0.4) is 0 Å². The maximum atomic E-state index is 6.13. The Morgan fingerprint density at radius 2 is 2.21 bits per heavy atom. The van der Waals surface area contributed by atoms with E-state index in [4.69, 9.17) is 10.5 Å². The maximum absolute atomic E-state index is 6.13. The van der Waals surface area contributed by atoms with E-state index in [2.05, 4.69) is 30.7 Å². The minimum absolute atomic E-state index is 0.158. The van der Waals surface area contributed by atoms with E-state index < -0.39 is 0 Å². The van der Waals surface area contributed by atoms with Crippen molar-refractivity contribution >= 4 is 0 Å². The highest BCUT2D eigenvalue weighted by Gasteiger charge is 2.41. The van der Waals surface area contributed by atoms with Gasteiger partial charge in [-0.3, -0.25) is 9.80 Å². The molecule has 0 aromatic carbocycles. The molecule has 0 aromatic rings. The lowest BCUT2D eigenvalue weighted by atomic mass is 9.95. The first-order valence-corrected chi connectivity index (χ1v) is 7.84. The summed E-state index contributed by atoms with van der Waals surface area (Å²) in [5, 5.41) is 0. The molecule has 0 radical (unpaired) electrons. The van der Waals surface area contributed by atoms with Crippen molar-refractivity contribution in [3.63, 3.8) is 0 Å². The predicted octanol–water partition coefficient (Wildman–Crippen LogP) is 1.30. The molecule has 4 heteroatoms. The first-order chi connectivity index (χ1) is 9.07. The molecule has 2 aliphatic rings. The monoisotopic (exact) mass is 269 g/mol. The number of rotatable bonds is 5. The summed E-state index contributed by atoms with van der Waals surface area (Å²) in [5.41, 5.74) is 6.29. The number of nitrogens with two attached hydrogens (primary N) is 1. The fourth-order valence-electron chi connectivity index (χ4n) is 3.41. The lowest BCUT2D eigenvalue weighted by Gasteiger charge is -2.40. The van der Waals surface area contributed by atoms with E-state index in [0.29, 0.717) is 12.1 Å². The molecule has 2 fully saturated rings. The fourth-order valence-corrected chi connectivity index (χ4v) is 3.41. The Kier molecular flexibility index (Phi) is 5.23. The van der Waals surface area contributed by atoms with Gasteiger partial charge in [0.15, 0.2) is 0 Å². The van der Waals surface area contributed by atoms with E-state index in [1.807, 2.05) is 0 Å². The van der Waals surface area contributed by atoms with Crippen LogP contribution in [0, 0.1) is 0 Å². The Morgan fingerprint density at radius 1 is 1.42 bits per heavy atom. The largest absolute Gasteiger partial charge is 0.377 e. The number of hydrogen-bond acceptors (Lipinski definition) is 4. The summed E-state index contributed by atoms with van der Waals surface area (Å²) in [6, 6.07) is 0.618. The van der Waals surface area contributed by atoms with Gasteiger partial charge in [-0.05, 0) is 46.6 Å². The van der Waals surface area contributed by atoms with Gasteiger partial charge < -0.3 is 10.5 Å². The summed E-state index contributed by atoms with van der Waals surface area (Å²) in [4.78, 5) is 5.02. The molecular formula is C15H31N3O. The van der Waals surface area contributed by atoms with Gasteiger partial charge in [0.05, 0.1) is 6.10 Å². The fraction of sp³-hybridized carbons (Fsp3) is 1.00. The van der Waals surface area contributed by atoms with Crippen molar-refractivity contribution in [2.45, 2.75) is 57.2 Å². The molecule has 2 saturated heterocycles. The highest BCUT2D eigenvalue weighted by Crippen LogP contribution is 2.28. The van der Waals surface area contributed by atoms with Crippen LogP contribution in [0.15, 0.2) is 0 Å². The van der Waals surface area contributed by atoms with Crippen molar-refractivity contribution in [3.8, 4) is 0 Å². The van der Waals surface area contributed by atoms with Crippen molar-refractivity contribution in [3.05, 3.63) is 0 Å². The number of likely N-dealkylation sites (tertiary alicyclic amines) is 1. The molecule has 0 spiro atoms. The quantitative estimate of drug-likeness (QED) is 0.817. The average Bonchev–Trinajstić information content (AvgIpc) is 2.86. The predicted molar refractivity (Wildman–Crippen MR) is 79.3 cm³/mol. The van der Waals surface area contributed by atoms with Crippen molar-refractivity contribution in [1.82, 2.24) is 9.80 Å². The van der Waals surface area contributed by atoms with Gasteiger partial charge in [0.2, 0.25) is 0 Å². The van der Waals surface area contributed by atoms with Gasteiger partial charge in [-0.25, -0.2) is 0 Å². The van der Waals surface area contributed by atoms with E-state index in [1.54, 1.807) is 0 Å². The second-order valence-corrected chi connectivity index (χ2v) is 6.61. The SMILES string of the molecule is CC(C)N1CCC(CN)(N(C)CC2CCCCO2)C1. The molecule has 2 atom stereocenters. The molecule has 0 aromatic heterocycles. The van der Waals surface area contributed by atoms with Crippen LogP contribution in [0.4, 0.5) is 0 Å². The van der Waals surface area contributed by atoms with E-state index in [0.717, 1.165) is 26.2 Å². The smallest absolute Gasteiger partial charge is 0.0702 e. The van der Waals surface area contributed by atoms with Gasteiger partial charge in [0, 0.05) is 44.4 Å². The average molecular weight is 269 g/mol. The molecule has 2 N–H and O–H groups in total. The number of hydrogen-bond donors (Lipinski definition) is 1. The van der Waals surface area contributed by atoms with Gasteiger partial charge in [0.25, 0.3) is 0 Å². The summed E-state index contributed by atoms with van der Waals surface area (Å²) in [6.07, 6.45) is 5.34. The van der Waals surface area contributed by atoms with Crippen LogP contribution in [0.25, 0.3) is 0 Å². The van der Waals surface area contributed by atoms with Crippen molar-refractivity contribution in [2.75, 3.05) is 39.8 Å². The lowest BCUT2D eigenvalue weighted by molar-refractivity contribution is -0.0213. The van der Waals surface area contributed by atoms with Crippen LogP contribution in [0.2, 0.25) is 0 Å². The van der Waals surface area contributed by atoms with Gasteiger partial charge in [0.1, 0.15) is 0 Å². The molecule has 4 nitrogen and oxygen atoms in total. The number of ether oxygens (including phenoxy) is 1. The normalized spacial score (nSPS) is 33.5. The third-order valence-corrected chi connectivity index (χ3v) is 5.03. The zero-order chi connectivity index (χ0) is 13.9. The maximum Gasteiger partial charge on any atom is 0.0702 e. The first-order valence-electron chi connectivity index (χ1n) is 7.84. The topological polar surface area (TPSA) is 41.7 Å². The Hall–Kier alpha value is -0.160. The molecule has 19 heavy (non-hydrogen) atoms. The van der Waals surface area contributed by atoms with Crippen LogP contribution in [0.5, 0.6) is 0 Å². The summed E-state index contributed by atoms with van der Waals surface area (Å²) >= 11 is 0. The molecule has 2 heterocycles. The van der Waals surface area contributed by atoms with Crippen molar-refractivity contribution < 1.29 is 4.74 Å². The minimum Gasteiger partial charge on any atom is -0.377 e. The summed E-state index contributed by atoms with van der Waals surface area (Å²) < 4.78 is 5.88. The van der Waals surface area contributed by atoms with E-state index in [-0.39, 0.29) is 5.54 Å². The highest BCUT2D eigenvalue weighted by atomic mass is 16.5. The minimum atomic E-state index is 0.158. The third kappa shape index (κ3) is 3.48. The molecule has 2 unspecified atom stereocenters. The highest BCUT2D eigenvalue weighted by molar-refractivity contribution is 5.00. The summed E-state index contributed by atoms with van der Waals surface area (Å²) in [5.74, 6) is 0. The molecule has 112 valence electrons. The van der Waals surface area contributed by atoms with Gasteiger partial charge in [-0.2, -0.15) is 0 Å². The second kappa shape index (κ2) is 6.53. The zero-order valence-corrected chi connectivity index (χ0v) is 12.9. The Bertz CT molecular complexity index is 279. The lowest BCUT2D eigenvalue weighted by Crippen LogP contribution is -2.56. The van der Waals surface area contributed by atoms with Gasteiger partial charge in [-0.1, -0.05) is 0 Å². The molecule has 0 saturated carbocycles. The van der Waals surface area contributed by atoms with Crippen molar-refractivity contribution in [2.24, 2.45) is 5.73 Å². The first kappa shape index (κ1) is 15.2. The Morgan fingerprint density at radius 3 is 2.74 bits per heavy atom. The van der Waals surface area contributed by atoms with E-state index >= 15 is 0 Å². The number of nitrogens with zero attached hydrogens (tertiary/aromatic N) is 2. The van der Waals surface area contributed by atoms with E-state index in [1.165, 1.54) is 32.2 Å². The van der Waals surface area contributed by atoms with Crippen LogP contribution in [-0.2, 0) is 4.74 Å². The molecule has 2 aliphatic heterocycles. The van der Waals surface area contributed by atoms with Crippen LogP contribution in [-0.4, -0.2) is 67.3 Å². The van der Waals surface area contributed by atoms with E-state index in [9.17, 15) is 0 Å². The standard InChI is InChI=1S/C15H31N3O/c1-13(2)18-8-7-15(11-16,12-18)17(3)10-14-6-4-5-9-19-14/h13-14H,4-12,16H2,1-3H3. The Balaban J connectivity index is 1.92. The second-order valence-electron chi connectivity index (χ2n) is 6.61. The zero-order valence-electron chi connectivity index (χ0n) is 12.9. The van der Waals surface area contributed by atoms with Gasteiger partial charge in [-0.15, -0.1) is 0 Å². The summed E-state index contributed by atoms with van der Waals surface area (Å²) in [6.45, 7) is 9.54. The molecular weight excluding hydrogens is 238 g/mol. The Labute approximate surface area is 118 Å². The number of likely N-dealkylation sites (N-methyl/N-ethyl adjacent to an activating group) is 1. The molecule has 0 bridgehead atoms. The molecule has 2 rings (SSSR count). The molecule has 0 amide bonds. The van der Waals surface area contributed by atoms with Crippen LogP contribution >= 0.6 is 0 Å². The van der Waals surface area contributed by atoms with Crippen molar-refractivity contribution in [1.29, 1.82) is 0 Å². The van der Waals surface area contributed by atoms with Crippen LogP contribution in [0.1, 0.15) is 39.5 Å².